The lowest BCUT2D eigenvalue weighted by atomic mass is 9.97. The summed E-state index contributed by atoms with van der Waals surface area (Å²) >= 11 is 0. The molecule has 1 fully saturated rings. The highest BCUT2D eigenvalue weighted by Gasteiger charge is 2.47. The zero-order valence-corrected chi connectivity index (χ0v) is 13.4. The number of carbonyl (C=O) groups excluding carboxylic acids is 1. The number of methoxy groups -OCH3 is 1. The van der Waals surface area contributed by atoms with E-state index in [2.05, 4.69) is 0 Å². The lowest BCUT2D eigenvalue weighted by molar-refractivity contribution is -0.184. The molecule has 0 radical (unpaired) electrons. The molecule has 1 aromatic carbocycles. The first-order chi connectivity index (χ1) is 11.3. The number of nitrogens with zero attached hydrogens (tertiary/aromatic N) is 1. The molecule has 2 unspecified atom stereocenters. The van der Waals surface area contributed by atoms with Crippen molar-refractivity contribution in [2.75, 3.05) is 26.9 Å². The predicted molar refractivity (Wildman–Crippen MR) is 81.9 cm³/mol. The van der Waals surface area contributed by atoms with E-state index in [1.54, 1.807) is 12.1 Å². The Kier molecular flexibility index (Phi) is 6.06. The van der Waals surface area contributed by atoms with Crippen molar-refractivity contribution in [2.24, 2.45) is 5.73 Å². The van der Waals surface area contributed by atoms with Crippen LogP contribution in [0.25, 0.3) is 0 Å². The van der Waals surface area contributed by atoms with Gasteiger partial charge in [0.2, 0.25) is 0 Å². The van der Waals surface area contributed by atoms with E-state index in [0.29, 0.717) is 12.4 Å². The van der Waals surface area contributed by atoms with Crippen LogP contribution in [0.1, 0.15) is 23.2 Å². The van der Waals surface area contributed by atoms with Crippen molar-refractivity contribution >= 4 is 5.91 Å². The summed E-state index contributed by atoms with van der Waals surface area (Å²) in [5.74, 6) is -0.285. The molecule has 1 saturated heterocycles. The van der Waals surface area contributed by atoms with Gasteiger partial charge in [-0.25, -0.2) is 0 Å². The number of amides is 1. The molecule has 134 valence electrons. The highest BCUT2D eigenvalue weighted by molar-refractivity contribution is 5.95. The third kappa shape index (κ3) is 4.61. The molecule has 1 aliphatic rings. The van der Waals surface area contributed by atoms with Gasteiger partial charge in [-0.05, 0) is 31.0 Å². The van der Waals surface area contributed by atoms with Crippen molar-refractivity contribution in [3.05, 3.63) is 29.8 Å². The van der Waals surface area contributed by atoms with Crippen LogP contribution in [0.2, 0.25) is 0 Å². The second kappa shape index (κ2) is 7.85. The van der Waals surface area contributed by atoms with Crippen LogP contribution in [0, 0.1) is 0 Å². The standard InChI is InChI=1S/C16H21F3N2O3/c1-23-7-8-24-13-4-2-3-11(9-13)15(22)21-10-12(20)5-6-14(21)16(17,18)19/h2-4,9,12,14H,5-8,10,20H2,1H3. The molecule has 5 nitrogen and oxygen atoms in total. The van der Waals surface area contributed by atoms with E-state index in [1.807, 2.05) is 0 Å². The van der Waals surface area contributed by atoms with E-state index < -0.39 is 24.2 Å². The van der Waals surface area contributed by atoms with E-state index in [-0.39, 0.29) is 31.6 Å². The van der Waals surface area contributed by atoms with Crippen LogP contribution >= 0.6 is 0 Å². The zero-order chi connectivity index (χ0) is 17.7. The number of halogens is 3. The zero-order valence-electron chi connectivity index (χ0n) is 13.4. The van der Waals surface area contributed by atoms with Gasteiger partial charge in [0.05, 0.1) is 6.61 Å². The Morgan fingerprint density at radius 2 is 2.08 bits per heavy atom. The van der Waals surface area contributed by atoms with Crippen LogP contribution < -0.4 is 10.5 Å². The Balaban J connectivity index is 2.17. The molecule has 2 rings (SSSR count). The molecule has 0 saturated carbocycles. The first-order valence-corrected chi connectivity index (χ1v) is 7.68. The van der Waals surface area contributed by atoms with Gasteiger partial charge in [-0.2, -0.15) is 13.2 Å². The first kappa shape index (κ1) is 18.5. The number of alkyl halides is 3. The molecule has 0 aromatic heterocycles. The minimum absolute atomic E-state index is 0.113. The molecular weight excluding hydrogens is 325 g/mol. The number of carbonyl (C=O) groups is 1. The fourth-order valence-corrected chi connectivity index (χ4v) is 2.69. The lowest BCUT2D eigenvalue weighted by Gasteiger charge is -2.39. The number of hydrogen-bond acceptors (Lipinski definition) is 4. The van der Waals surface area contributed by atoms with E-state index in [1.165, 1.54) is 19.2 Å². The normalized spacial score (nSPS) is 21.6. The average Bonchev–Trinajstić information content (AvgIpc) is 2.53. The van der Waals surface area contributed by atoms with Crippen molar-refractivity contribution in [3.8, 4) is 5.75 Å². The summed E-state index contributed by atoms with van der Waals surface area (Å²) in [6.07, 6.45) is -4.41. The van der Waals surface area contributed by atoms with E-state index >= 15 is 0 Å². The predicted octanol–water partition coefficient (Wildman–Crippen LogP) is 2.21. The average molecular weight is 346 g/mol. The maximum absolute atomic E-state index is 13.2. The summed E-state index contributed by atoms with van der Waals surface area (Å²) in [6.45, 7) is 0.543. The monoisotopic (exact) mass is 346 g/mol. The van der Waals surface area contributed by atoms with Gasteiger partial charge < -0.3 is 20.1 Å². The SMILES string of the molecule is COCCOc1cccc(C(=O)N2CC(N)CCC2C(F)(F)F)c1. The van der Waals surface area contributed by atoms with Gasteiger partial charge in [0.25, 0.3) is 5.91 Å². The third-order valence-corrected chi connectivity index (χ3v) is 3.89. The number of benzene rings is 1. The van der Waals surface area contributed by atoms with Crippen LogP contribution in [-0.4, -0.2) is 55.9 Å². The molecule has 24 heavy (non-hydrogen) atoms. The molecule has 0 spiro atoms. The number of ether oxygens (including phenoxy) is 2. The Morgan fingerprint density at radius 1 is 1.33 bits per heavy atom. The number of likely N-dealkylation sites (tertiary alicyclic amines) is 1. The van der Waals surface area contributed by atoms with Crippen molar-refractivity contribution < 1.29 is 27.4 Å². The van der Waals surface area contributed by atoms with Crippen LogP contribution in [0.15, 0.2) is 24.3 Å². The Hall–Kier alpha value is -1.80. The quantitative estimate of drug-likeness (QED) is 0.830. The van der Waals surface area contributed by atoms with E-state index in [4.69, 9.17) is 15.2 Å². The largest absolute Gasteiger partial charge is 0.491 e. The summed E-state index contributed by atoms with van der Waals surface area (Å²) < 4.78 is 49.9. The molecule has 0 bridgehead atoms. The molecule has 1 aliphatic heterocycles. The summed E-state index contributed by atoms with van der Waals surface area (Å²) in [4.78, 5) is 13.4. The van der Waals surface area contributed by atoms with Gasteiger partial charge in [-0.3, -0.25) is 4.79 Å². The summed E-state index contributed by atoms with van der Waals surface area (Å²) in [5, 5.41) is 0. The minimum Gasteiger partial charge on any atom is -0.491 e. The Morgan fingerprint density at radius 3 is 2.75 bits per heavy atom. The highest BCUT2D eigenvalue weighted by Crippen LogP contribution is 2.32. The summed E-state index contributed by atoms with van der Waals surface area (Å²) in [5.41, 5.74) is 5.90. The third-order valence-electron chi connectivity index (χ3n) is 3.89. The van der Waals surface area contributed by atoms with Gasteiger partial charge in [0.15, 0.2) is 0 Å². The number of hydrogen-bond donors (Lipinski definition) is 1. The van der Waals surface area contributed by atoms with Crippen molar-refractivity contribution in [3.63, 3.8) is 0 Å². The van der Waals surface area contributed by atoms with Crippen LogP contribution in [-0.2, 0) is 4.74 Å². The second-order valence-electron chi connectivity index (χ2n) is 5.72. The highest BCUT2D eigenvalue weighted by atomic mass is 19.4. The van der Waals surface area contributed by atoms with Gasteiger partial charge in [0.1, 0.15) is 18.4 Å². The van der Waals surface area contributed by atoms with Crippen molar-refractivity contribution in [1.82, 2.24) is 4.90 Å². The van der Waals surface area contributed by atoms with Crippen LogP contribution in [0.5, 0.6) is 5.75 Å². The maximum atomic E-state index is 13.2. The van der Waals surface area contributed by atoms with E-state index in [0.717, 1.165) is 4.90 Å². The molecule has 8 heteroatoms. The molecule has 1 amide bonds. The topological polar surface area (TPSA) is 64.8 Å². The van der Waals surface area contributed by atoms with Gasteiger partial charge in [-0.1, -0.05) is 6.07 Å². The Labute approximate surface area is 138 Å². The number of rotatable bonds is 5. The molecule has 1 heterocycles. The first-order valence-electron chi connectivity index (χ1n) is 7.68. The summed E-state index contributed by atoms with van der Waals surface area (Å²) in [7, 11) is 1.53. The van der Waals surface area contributed by atoms with Crippen LogP contribution in [0.3, 0.4) is 0 Å². The fraction of sp³-hybridized carbons (Fsp3) is 0.562. The molecule has 0 aliphatic carbocycles. The minimum atomic E-state index is -4.47. The molecule has 2 N–H and O–H groups in total. The number of piperidine rings is 1. The second-order valence-corrected chi connectivity index (χ2v) is 5.72. The van der Waals surface area contributed by atoms with Crippen LogP contribution in [0.4, 0.5) is 13.2 Å². The van der Waals surface area contributed by atoms with Crippen molar-refractivity contribution in [2.45, 2.75) is 31.1 Å². The fourth-order valence-electron chi connectivity index (χ4n) is 2.69. The molecule has 2 atom stereocenters. The molecule has 1 aromatic rings. The molecular formula is C16H21F3N2O3. The smallest absolute Gasteiger partial charge is 0.408 e. The van der Waals surface area contributed by atoms with Gasteiger partial charge >= 0.3 is 6.18 Å². The van der Waals surface area contributed by atoms with Gasteiger partial charge in [0, 0.05) is 25.3 Å². The van der Waals surface area contributed by atoms with Gasteiger partial charge in [-0.15, -0.1) is 0 Å². The lowest BCUT2D eigenvalue weighted by Crippen LogP contribution is -2.56. The number of nitrogens with two attached hydrogens (primary N) is 1. The van der Waals surface area contributed by atoms with E-state index in [9.17, 15) is 18.0 Å². The summed E-state index contributed by atoms with van der Waals surface area (Å²) in [6, 6.07) is 3.86. The van der Waals surface area contributed by atoms with Crippen molar-refractivity contribution in [1.29, 1.82) is 0 Å². The Bertz CT molecular complexity index is 566. The maximum Gasteiger partial charge on any atom is 0.408 e.